The fourth-order valence-corrected chi connectivity index (χ4v) is 2.94. The molecule has 0 bridgehead atoms. The Morgan fingerprint density at radius 3 is 3.14 bits per heavy atom. The minimum absolute atomic E-state index is 0.930. The number of fused-ring (bicyclic) bond motifs is 2. The van der Waals surface area contributed by atoms with E-state index in [0.29, 0.717) is 0 Å². The van der Waals surface area contributed by atoms with Gasteiger partial charge in [0, 0.05) is 19.4 Å². The van der Waals surface area contributed by atoms with Crippen LogP contribution in [-0.4, -0.2) is 27.0 Å². The van der Waals surface area contributed by atoms with Crippen molar-refractivity contribution in [1.29, 1.82) is 0 Å². The fourth-order valence-electron chi connectivity index (χ4n) is 1.79. The van der Waals surface area contributed by atoms with E-state index in [1.54, 1.807) is 0 Å². The minimum atomic E-state index is 0.930. The molecule has 5 heteroatoms. The summed E-state index contributed by atoms with van der Waals surface area (Å²) < 4.78 is 4.45. The van der Waals surface area contributed by atoms with E-state index in [0.717, 1.165) is 6.67 Å². The number of imidazole rings is 1. The van der Waals surface area contributed by atoms with Crippen LogP contribution in [0.15, 0.2) is 24.8 Å². The van der Waals surface area contributed by atoms with Gasteiger partial charge in [0.15, 0.2) is 12.2 Å². The molecule has 0 radical (unpaired) electrons. The van der Waals surface area contributed by atoms with Crippen LogP contribution in [0.2, 0.25) is 0 Å². The molecule has 0 amide bonds. The molecule has 4 nitrogen and oxygen atoms in total. The highest BCUT2D eigenvalue weighted by Crippen LogP contribution is 2.18. The highest BCUT2D eigenvalue weighted by molar-refractivity contribution is 7.48. The van der Waals surface area contributed by atoms with Crippen molar-refractivity contribution in [1.82, 2.24) is 14.4 Å². The van der Waals surface area contributed by atoms with Crippen LogP contribution in [0.3, 0.4) is 0 Å². The van der Waals surface area contributed by atoms with Crippen LogP contribution in [0, 0.1) is 0 Å². The van der Waals surface area contributed by atoms with Gasteiger partial charge in [-0.15, -0.1) is 0 Å². The summed E-state index contributed by atoms with van der Waals surface area (Å²) in [6.07, 6.45) is 8.47. The van der Waals surface area contributed by atoms with Gasteiger partial charge in [-0.25, -0.2) is 9.13 Å². The van der Waals surface area contributed by atoms with Gasteiger partial charge in [-0.1, -0.05) is 0 Å². The quantitative estimate of drug-likeness (QED) is 0.427. The Labute approximate surface area is 84.5 Å². The van der Waals surface area contributed by atoms with Crippen molar-refractivity contribution in [3.05, 3.63) is 24.8 Å². The molecule has 3 heterocycles. The van der Waals surface area contributed by atoms with E-state index in [-0.39, 0.29) is 0 Å². The third kappa shape index (κ3) is 0.946. The van der Waals surface area contributed by atoms with Crippen LogP contribution in [0.4, 0.5) is 0 Å². The van der Waals surface area contributed by atoms with E-state index >= 15 is 0 Å². The molecule has 2 aliphatic heterocycles. The molecule has 0 spiro atoms. The van der Waals surface area contributed by atoms with Crippen molar-refractivity contribution in [2.45, 2.75) is 6.67 Å². The normalized spacial score (nSPS) is 19.4. The lowest BCUT2D eigenvalue weighted by molar-refractivity contribution is -0.652. The van der Waals surface area contributed by atoms with Crippen molar-refractivity contribution in [2.24, 2.45) is 7.05 Å². The number of aromatic nitrogens is 2. The molecular formula is C9H12N4P+. The molecule has 1 aromatic heterocycles. The van der Waals surface area contributed by atoms with Crippen LogP contribution in [0.5, 0.6) is 0 Å². The number of aryl methyl sites for hydroxylation is 1. The molecule has 0 fully saturated rings. The maximum atomic E-state index is 2.27. The van der Waals surface area contributed by atoms with Gasteiger partial charge in [0.2, 0.25) is 0 Å². The highest BCUT2D eigenvalue weighted by atomic mass is 31.1. The second-order valence-corrected chi connectivity index (χ2v) is 4.63. The lowest BCUT2D eigenvalue weighted by atomic mass is 10.7. The molecule has 3 rings (SSSR count). The maximum Gasteiger partial charge on any atom is 0.311 e. The highest BCUT2D eigenvalue weighted by Gasteiger charge is 2.28. The Morgan fingerprint density at radius 2 is 2.29 bits per heavy atom. The first kappa shape index (κ1) is 8.06. The average molecular weight is 207 g/mol. The summed E-state index contributed by atoms with van der Waals surface area (Å²) in [6, 6.07) is 0. The first-order valence-electron chi connectivity index (χ1n) is 4.57. The average Bonchev–Trinajstić information content (AvgIpc) is 2.71. The Bertz CT molecular complexity index is 446. The van der Waals surface area contributed by atoms with Crippen molar-refractivity contribution >= 4 is 19.3 Å². The molecule has 14 heavy (non-hydrogen) atoms. The molecule has 0 N–H and O–H groups in total. The second-order valence-electron chi connectivity index (χ2n) is 3.61. The molecule has 0 saturated carbocycles. The summed E-state index contributed by atoms with van der Waals surface area (Å²) in [5, 5.41) is 0. The third-order valence-corrected chi connectivity index (χ3v) is 4.13. The predicted molar refractivity (Wildman–Crippen MR) is 55.9 cm³/mol. The fraction of sp³-hybridized carbons (Fsp3) is 0.333. The Hall–Kier alpha value is -1.28. The zero-order valence-electron chi connectivity index (χ0n) is 8.25. The van der Waals surface area contributed by atoms with E-state index in [9.17, 15) is 0 Å². The first-order chi connectivity index (χ1) is 6.75. The zero-order chi connectivity index (χ0) is 9.71. The molecule has 0 unspecified atom stereocenters. The lowest BCUT2D eigenvalue weighted by Gasteiger charge is -2.22. The molecule has 0 atom stereocenters. The van der Waals surface area contributed by atoms with Gasteiger partial charge >= 0.3 is 5.57 Å². The molecule has 2 aliphatic rings. The number of rotatable bonds is 0. The molecule has 0 aliphatic carbocycles. The standard InChI is InChI=1S/C9H12N4P/c1-10-3-5-12-7-13-6-4-11(2)9(13)14-8(10)12/h3-6H,7H2,1-2H3/q+1. The van der Waals surface area contributed by atoms with Crippen molar-refractivity contribution in [2.75, 3.05) is 7.05 Å². The second kappa shape index (κ2) is 2.61. The number of hydrogen-bond donors (Lipinski definition) is 0. The summed E-state index contributed by atoms with van der Waals surface area (Å²) in [4.78, 5) is 4.45. The summed E-state index contributed by atoms with van der Waals surface area (Å²) in [7, 11) is 5.46. The monoisotopic (exact) mass is 207 g/mol. The first-order valence-corrected chi connectivity index (χ1v) is 5.46. The molecule has 0 saturated heterocycles. The van der Waals surface area contributed by atoms with E-state index in [2.05, 4.69) is 57.8 Å². The van der Waals surface area contributed by atoms with Crippen LogP contribution < -0.4 is 10.1 Å². The van der Waals surface area contributed by atoms with Crippen LogP contribution in [0.1, 0.15) is 0 Å². The topological polar surface area (TPSA) is 15.3 Å². The van der Waals surface area contributed by atoms with Gasteiger partial charge in [-0.05, 0) is 0 Å². The molecule has 1 aromatic rings. The SMILES string of the molecule is CN1C=CN2Cn3cc[n+](C)c3P=C12. The van der Waals surface area contributed by atoms with Crippen molar-refractivity contribution in [3.8, 4) is 0 Å². The third-order valence-electron chi connectivity index (χ3n) is 2.59. The van der Waals surface area contributed by atoms with Crippen molar-refractivity contribution < 1.29 is 4.57 Å². The summed E-state index contributed by atoms with van der Waals surface area (Å²) in [5.74, 6) is 0. The smallest absolute Gasteiger partial charge is 0.311 e. The van der Waals surface area contributed by atoms with E-state index < -0.39 is 0 Å². The Morgan fingerprint density at radius 1 is 1.43 bits per heavy atom. The maximum absolute atomic E-state index is 2.27. The van der Waals surface area contributed by atoms with Crippen LogP contribution >= 0.6 is 8.20 Å². The van der Waals surface area contributed by atoms with Gasteiger partial charge in [0.1, 0.15) is 12.4 Å². The number of nitrogens with zero attached hydrogens (tertiary/aromatic N) is 4. The summed E-state index contributed by atoms with van der Waals surface area (Å²) in [5.41, 5.74) is 2.68. The number of hydrogen-bond acceptors (Lipinski definition) is 2. The lowest BCUT2D eigenvalue weighted by Crippen LogP contribution is -2.48. The predicted octanol–water partition coefficient (Wildman–Crippen LogP) is -0.339. The Kier molecular flexibility index (Phi) is 1.50. The van der Waals surface area contributed by atoms with E-state index in [1.807, 2.05) is 0 Å². The van der Waals surface area contributed by atoms with Gasteiger partial charge in [-0.3, -0.25) is 4.90 Å². The molecule has 72 valence electrons. The zero-order valence-corrected chi connectivity index (χ0v) is 9.15. The van der Waals surface area contributed by atoms with Crippen molar-refractivity contribution in [3.63, 3.8) is 0 Å². The largest absolute Gasteiger partial charge is 0.332 e. The molecule has 0 aromatic carbocycles. The van der Waals surface area contributed by atoms with Crippen LogP contribution in [0.25, 0.3) is 0 Å². The molecular weight excluding hydrogens is 195 g/mol. The summed E-state index contributed by atoms with van der Waals surface area (Å²) >= 11 is 0. The van der Waals surface area contributed by atoms with Gasteiger partial charge in [-0.2, -0.15) is 0 Å². The van der Waals surface area contributed by atoms with E-state index in [1.165, 1.54) is 19.3 Å². The van der Waals surface area contributed by atoms with Gasteiger partial charge in [0.05, 0.1) is 15.3 Å². The Balaban J connectivity index is 2.14. The van der Waals surface area contributed by atoms with Gasteiger partial charge in [0.25, 0.3) is 0 Å². The summed E-state index contributed by atoms with van der Waals surface area (Å²) in [6.45, 7) is 0.930. The van der Waals surface area contributed by atoms with Crippen LogP contribution in [-0.2, 0) is 13.7 Å². The van der Waals surface area contributed by atoms with E-state index in [4.69, 9.17) is 0 Å². The van der Waals surface area contributed by atoms with Gasteiger partial charge < -0.3 is 4.90 Å². The minimum Gasteiger partial charge on any atom is -0.332 e.